The van der Waals surface area contributed by atoms with E-state index >= 15 is 4.39 Å². The zero-order valence-corrected chi connectivity index (χ0v) is 23.1. The van der Waals surface area contributed by atoms with Gasteiger partial charge in [-0.3, -0.25) is 4.79 Å². The van der Waals surface area contributed by atoms with E-state index in [-0.39, 0.29) is 17.0 Å². The molecular weight excluding hydrogens is 542 g/mol. The van der Waals surface area contributed by atoms with Gasteiger partial charge in [0.2, 0.25) is 5.91 Å². The standard InChI is InChI=1S/C29H29Cl2FN4O3/c1-18(30)6-4-9-24(32)23-16-22(35-29(23,2)28(38)34-21-8-5-7-20(31)15-21)12-13-36-17-33-25-14-19(27(37)39-3)10-11-26(25)36/h4-11,14-15,17,22-23,35H,1,12-13,16H2,2-3H3,(H,34,38)/b6-4-,24-9-/t22-,23?,29+/m0/s1. The maximum absolute atomic E-state index is 15.5. The van der Waals surface area contributed by atoms with Crippen LogP contribution in [0.2, 0.25) is 5.02 Å². The summed E-state index contributed by atoms with van der Waals surface area (Å²) in [5.74, 6) is -1.96. The summed E-state index contributed by atoms with van der Waals surface area (Å²) in [5.41, 5.74) is 1.24. The lowest BCUT2D eigenvalue weighted by molar-refractivity contribution is -0.122. The number of anilines is 1. The second kappa shape index (κ2) is 12.2. The van der Waals surface area contributed by atoms with E-state index in [1.807, 2.05) is 10.6 Å². The third kappa shape index (κ3) is 6.58. The quantitative estimate of drug-likeness (QED) is 0.229. The summed E-state index contributed by atoms with van der Waals surface area (Å²) in [6.45, 7) is 5.85. The van der Waals surface area contributed by atoms with Crippen molar-refractivity contribution in [2.45, 2.75) is 37.9 Å². The third-order valence-electron chi connectivity index (χ3n) is 6.90. The molecule has 2 aromatic carbocycles. The second-order valence-corrected chi connectivity index (χ2v) is 10.5. The minimum absolute atomic E-state index is 0.164. The van der Waals surface area contributed by atoms with Gasteiger partial charge < -0.3 is 19.9 Å². The van der Waals surface area contributed by atoms with Crippen LogP contribution in [0.25, 0.3) is 11.0 Å². The number of carbonyl (C=O) groups is 2. The number of esters is 1. The first-order valence-corrected chi connectivity index (χ1v) is 13.1. The van der Waals surface area contributed by atoms with Gasteiger partial charge in [0.05, 0.1) is 30.0 Å². The van der Waals surface area contributed by atoms with E-state index in [1.54, 1.807) is 49.6 Å². The largest absolute Gasteiger partial charge is 0.465 e. The highest BCUT2D eigenvalue weighted by Crippen LogP contribution is 2.38. The van der Waals surface area contributed by atoms with Gasteiger partial charge in [-0.1, -0.05) is 41.9 Å². The fraction of sp³-hybridized carbons (Fsp3) is 0.276. The van der Waals surface area contributed by atoms with Gasteiger partial charge in [-0.15, -0.1) is 0 Å². The minimum atomic E-state index is -1.23. The molecule has 0 bridgehead atoms. The molecule has 2 heterocycles. The van der Waals surface area contributed by atoms with Crippen molar-refractivity contribution in [2.75, 3.05) is 12.4 Å². The van der Waals surface area contributed by atoms with E-state index in [0.717, 1.165) is 5.52 Å². The van der Waals surface area contributed by atoms with Gasteiger partial charge in [0.1, 0.15) is 11.4 Å². The number of carbonyl (C=O) groups excluding carboxylic acids is 2. The molecule has 204 valence electrons. The van der Waals surface area contributed by atoms with Crippen LogP contribution < -0.4 is 10.6 Å². The van der Waals surface area contributed by atoms with E-state index < -0.39 is 23.3 Å². The predicted molar refractivity (Wildman–Crippen MR) is 153 cm³/mol. The van der Waals surface area contributed by atoms with Crippen molar-refractivity contribution in [2.24, 2.45) is 5.92 Å². The third-order valence-corrected chi connectivity index (χ3v) is 7.26. The summed E-state index contributed by atoms with van der Waals surface area (Å²) < 4.78 is 22.2. The molecule has 4 rings (SSSR count). The molecule has 1 aliphatic rings. The number of aromatic nitrogens is 2. The smallest absolute Gasteiger partial charge is 0.337 e. The Morgan fingerprint density at radius 2 is 2.13 bits per heavy atom. The van der Waals surface area contributed by atoms with E-state index in [1.165, 1.54) is 25.3 Å². The first-order chi connectivity index (χ1) is 18.6. The van der Waals surface area contributed by atoms with Crippen molar-refractivity contribution in [1.82, 2.24) is 14.9 Å². The first-order valence-electron chi connectivity index (χ1n) is 12.4. The molecule has 39 heavy (non-hydrogen) atoms. The summed E-state index contributed by atoms with van der Waals surface area (Å²) in [6, 6.07) is 11.8. The molecule has 1 aromatic heterocycles. The highest BCUT2D eigenvalue weighted by molar-refractivity contribution is 6.31. The summed E-state index contributed by atoms with van der Waals surface area (Å²) in [7, 11) is 1.33. The summed E-state index contributed by atoms with van der Waals surface area (Å²) in [4.78, 5) is 29.7. The summed E-state index contributed by atoms with van der Waals surface area (Å²) >= 11 is 11.8. The molecule has 1 saturated heterocycles. The lowest BCUT2D eigenvalue weighted by Gasteiger charge is -2.30. The van der Waals surface area contributed by atoms with Gasteiger partial charge in [0, 0.05) is 34.2 Å². The Morgan fingerprint density at radius 1 is 1.33 bits per heavy atom. The molecule has 1 fully saturated rings. The Bertz CT molecular complexity index is 1470. The van der Waals surface area contributed by atoms with E-state index in [4.69, 9.17) is 27.9 Å². The van der Waals surface area contributed by atoms with Crippen molar-refractivity contribution in [3.63, 3.8) is 0 Å². The Labute approximate surface area is 236 Å². The number of halogens is 3. The molecule has 0 aliphatic carbocycles. The van der Waals surface area contributed by atoms with Gasteiger partial charge in [0.25, 0.3) is 0 Å². The molecule has 0 saturated carbocycles. The number of benzene rings is 2. The zero-order valence-electron chi connectivity index (χ0n) is 21.6. The number of allylic oxidation sites excluding steroid dienone is 4. The normalized spacial score (nSPS) is 21.4. The van der Waals surface area contributed by atoms with Crippen LogP contribution in [0.4, 0.5) is 10.1 Å². The van der Waals surface area contributed by atoms with Crippen molar-refractivity contribution >= 4 is 51.8 Å². The molecular formula is C29H29Cl2FN4O3. The van der Waals surface area contributed by atoms with Crippen molar-refractivity contribution in [3.05, 3.63) is 95.0 Å². The Hall–Kier alpha value is -3.46. The molecule has 2 N–H and O–H groups in total. The number of methoxy groups -OCH3 is 1. The topological polar surface area (TPSA) is 85.2 Å². The van der Waals surface area contributed by atoms with E-state index in [9.17, 15) is 9.59 Å². The van der Waals surface area contributed by atoms with Crippen LogP contribution in [0.5, 0.6) is 0 Å². The number of amides is 1. The van der Waals surface area contributed by atoms with Crippen molar-refractivity contribution < 1.29 is 18.7 Å². The Morgan fingerprint density at radius 3 is 2.85 bits per heavy atom. The molecule has 3 atom stereocenters. The fourth-order valence-electron chi connectivity index (χ4n) is 4.88. The number of imidazole rings is 1. The minimum Gasteiger partial charge on any atom is -0.465 e. The molecule has 1 amide bonds. The van der Waals surface area contributed by atoms with E-state index in [2.05, 4.69) is 22.2 Å². The van der Waals surface area contributed by atoms with Crippen LogP contribution in [0.15, 0.2) is 84.5 Å². The number of ether oxygens (including phenoxy) is 1. The molecule has 10 heteroatoms. The SMILES string of the molecule is C=C(Cl)/C=C\C=C(/F)C1C[C@H](CCn2cnc3cc(C(=O)OC)ccc32)N[C@@]1(C)C(=O)Nc1cccc(Cl)c1. The zero-order chi connectivity index (χ0) is 28.2. The Kier molecular flexibility index (Phi) is 8.90. The number of aryl methyl sites for hydroxylation is 1. The summed E-state index contributed by atoms with van der Waals surface area (Å²) in [6.07, 6.45) is 7.00. The lowest BCUT2D eigenvalue weighted by atomic mass is 9.84. The molecule has 0 radical (unpaired) electrons. The van der Waals surface area contributed by atoms with Crippen LogP contribution >= 0.6 is 23.2 Å². The van der Waals surface area contributed by atoms with Gasteiger partial charge in [0.15, 0.2) is 0 Å². The van der Waals surface area contributed by atoms with Crippen molar-refractivity contribution in [1.29, 1.82) is 0 Å². The van der Waals surface area contributed by atoms with Crippen LogP contribution in [0, 0.1) is 5.92 Å². The molecule has 7 nitrogen and oxygen atoms in total. The number of rotatable bonds is 9. The number of fused-ring (bicyclic) bond motifs is 1. The highest BCUT2D eigenvalue weighted by Gasteiger charge is 2.50. The van der Waals surface area contributed by atoms with E-state index in [0.29, 0.717) is 41.2 Å². The average Bonchev–Trinajstić information content (AvgIpc) is 3.47. The van der Waals surface area contributed by atoms with Crippen LogP contribution in [-0.2, 0) is 16.1 Å². The number of nitrogens with one attached hydrogen (secondary N) is 2. The molecule has 1 unspecified atom stereocenters. The first kappa shape index (κ1) is 28.5. The predicted octanol–water partition coefficient (Wildman–Crippen LogP) is 6.40. The maximum Gasteiger partial charge on any atom is 0.337 e. The molecule has 1 aliphatic heterocycles. The number of nitrogens with zero attached hydrogens (tertiary/aromatic N) is 2. The second-order valence-electron chi connectivity index (χ2n) is 9.58. The highest BCUT2D eigenvalue weighted by atomic mass is 35.5. The lowest BCUT2D eigenvalue weighted by Crippen LogP contribution is -2.54. The summed E-state index contributed by atoms with van der Waals surface area (Å²) in [5, 5.41) is 7.01. The number of hydrogen-bond acceptors (Lipinski definition) is 5. The Balaban J connectivity index is 1.54. The van der Waals surface area contributed by atoms with Gasteiger partial charge in [-0.25, -0.2) is 14.2 Å². The van der Waals surface area contributed by atoms with Crippen LogP contribution in [0.1, 0.15) is 30.1 Å². The van der Waals surface area contributed by atoms with Gasteiger partial charge in [-0.2, -0.15) is 0 Å². The monoisotopic (exact) mass is 570 g/mol. The van der Waals surface area contributed by atoms with Gasteiger partial charge in [-0.05, 0) is 68.3 Å². The van der Waals surface area contributed by atoms with Gasteiger partial charge >= 0.3 is 5.97 Å². The molecule has 0 spiro atoms. The number of hydrogen-bond donors (Lipinski definition) is 2. The van der Waals surface area contributed by atoms with Crippen LogP contribution in [0.3, 0.4) is 0 Å². The maximum atomic E-state index is 15.5. The average molecular weight is 571 g/mol. The van der Waals surface area contributed by atoms with Crippen molar-refractivity contribution in [3.8, 4) is 0 Å². The fourth-order valence-corrected chi connectivity index (χ4v) is 5.14. The van der Waals surface area contributed by atoms with Crippen LogP contribution in [-0.4, -0.2) is 40.1 Å². The molecule has 3 aromatic rings.